The average molecular weight is 719 g/mol. The van der Waals surface area contributed by atoms with Gasteiger partial charge >= 0.3 is 0 Å². The van der Waals surface area contributed by atoms with Gasteiger partial charge in [-0.2, -0.15) is 11.3 Å². The van der Waals surface area contributed by atoms with Gasteiger partial charge in [0.25, 0.3) is 6.71 Å². The first-order chi connectivity index (χ1) is 24.6. The molecule has 0 bridgehead atoms. The summed E-state index contributed by atoms with van der Waals surface area (Å²) in [5.74, 6) is 0. The van der Waals surface area contributed by atoms with Crippen molar-refractivity contribution in [1.29, 1.82) is 0 Å². The predicted molar refractivity (Wildman–Crippen MR) is 234 cm³/mol. The van der Waals surface area contributed by atoms with Crippen LogP contribution in [0.15, 0.2) is 78.9 Å². The summed E-state index contributed by atoms with van der Waals surface area (Å²) in [4.78, 5) is 6.87. The van der Waals surface area contributed by atoms with Crippen LogP contribution in [0.2, 0.25) is 0 Å². The van der Waals surface area contributed by atoms with Crippen molar-refractivity contribution < 1.29 is 0 Å². The van der Waals surface area contributed by atoms with E-state index in [0.29, 0.717) is 0 Å². The van der Waals surface area contributed by atoms with Gasteiger partial charge in [0.1, 0.15) is 0 Å². The van der Waals surface area contributed by atoms with Crippen LogP contribution in [0.3, 0.4) is 0 Å². The van der Waals surface area contributed by atoms with Crippen molar-refractivity contribution in [3.63, 3.8) is 0 Å². The molecule has 3 aliphatic rings. The van der Waals surface area contributed by atoms with E-state index in [2.05, 4.69) is 197 Å². The molecule has 1 aliphatic carbocycles. The zero-order chi connectivity index (χ0) is 38.2. The topological polar surface area (TPSA) is 6.48 Å². The van der Waals surface area contributed by atoms with Crippen molar-refractivity contribution in [3.05, 3.63) is 112 Å². The molecule has 0 fully saturated rings. The molecule has 8 rings (SSSR count). The fraction of sp³-hybridized carbons (Fsp3) is 0.429. The van der Waals surface area contributed by atoms with Crippen molar-refractivity contribution in [3.8, 4) is 0 Å². The molecule has 0 unspecified atom stereocenters. The van der Waals surface area contributed by atoms with Crippen LogP contribution in [-0.4, -0.2) is 6.71 Å². The molecule has 4 heteroatoms. The molecule has 53 heavy (non-hydrogen) atoms. The maximum absolute atomic E-state index is 2.68. The molecule has 274 valence electrons. The van der Waals surface area contributed by atoms with E-state index in [1.165, 1.54) is 84.9 Å². The van der Waals surface area contributed by atoms with Gasteiger partial charge in [0.2, 0.25) is 0 Å². The van der Waals surface area contributed by atoms with Crippen molar-refractivity contribution >= 4 is 67.9 Å². The minimum absolute atomic E-state index is 0.0236. The Hall–Kier alpha value is -3.76. The maximum atomic E-state index is 2.68. The predicted octanol–water partition coefficient (Wildman–Crippen LogP) is 12.4. The van der Waals surface area contributed by atoms with Crippen molar-refractivity contribution in [2.45, 2.75) is 137 Å². The Balaban J connectivity index is 1.50. The van der Waals surface area contributed by atoms with Gasteiger partial charge in [-0.1, -0.05) is 126 Å². The Morgan fingerprint density at radius 2 is 1.15 bits per heavy atom. The van der Waals surface area contributed by atoms with Crippen LogP contribution < -0.4 is 25.5 Å². The van der Waals surface area contributed by atoms with E-state index in [-0.39, 0.29) is 33.8 Å². The van der Waals surface area contributed by atoms with Crippen molar-refractivity contribution in [1.82, 2.24) is 0 Å². The molecule has 0 atom stereocenters. The van der Waals surface area contributed by atoms with E-state index in [1.807, 2.05) is 0 Å². The van der Waals surface area contributed by atoms with Crippen LogP contribution in [0, 0.1) is 6.92 Å². The Bertz CT molecular complexity index is 2270. The normalized spacial score (nSPS) is 17.3. The van der Waals surface area contributed by atoms with Crippen LogP contribution in [0.25, 0.3) is 0 Å². The van der Waals surface area contributed by atoms with E-state index in [1.54, 1.807) is 10.4 Å². The van der Waals surface area contributed by atoms with Gasteiger partial charge in [0, 0.05) is 38.1 Å². The number of aryl methyl sites for hydroxylation is 1. The molecule has 0 N–H and O–H groups in total. The SMILES string of the molecule is Cc1cc2c3c(c1)N(c1ccc(C(C)(C)C)cc1)c1c(sc4c1C(C)(C)CCC4(C)C)B3c1ccc(C(C)(C)C)cc1N2c1cccc(C(C)(C)C)c1. The first kappa shape index (κ1) is 36.2. The largest absolute Gasteiger partial charge is 0.311 e. The highest BCUT2D eigenvalue weighted by molar-refractivity contribution is 7.29. The van der Waals surface area contributed by atoms with Gasteiger partial charge in [-0.25, -0.2) is 0 Å². The molecule has 0 radical (unpaired) electrons. The minimum Gasteiger partial charge on any atom is -0.311 e. The quantitative estimate of drug-likeness (QED) is 0.164. The van der Waals surface area contributed by atoms with Crippen LogP contribution in [0.5, 0.6) is 0 Å². The van der Waals surface area contributed by atoms with Crippen LogP contribution in [-0.2, 0) is 27.1 Å². The Kier molecular flexibility index (Phi) is 7.95. The molecular weight excluding hydrogens is 659 g/mol. The first-order valence-corrected chi connectivity index (χ1v) is 20.7. The second kappa shape index (κ2) is 11.6. The molecule has 2 nitrogen and oxygen atoms in total. The van der Waals surface area contributed by atoms with Gasteiger partial charge in [-0.05, 0) is 128 Å². The third-order valence-corrected chi connectivity index (χ3v) is 14.1. The Morgan fingerprint density at radius 3 is 1.77 bits per heavy atom. The van der Waals surface area contributed by atoms with E-state index < -0.39 is 0 Å². The lowest BCUT2D eigenvalue weighted by molar-refractivity contribution is 0.339. The van der Waals surface area contributed by atoms with Gasteiger partial charge in [0.05, 0.1) is 5.69 Å². The number of rotatable bonds is 2. The maximum Gasteiger partial charge on any atom is 0.264 e. The second-order valence-electron chi connectivity index (χ2n) is 20.7. The number of hydrogen-bond acceptors (Lipinski definition) is 3. The monoisotopic (exact) mass is 718 g/mol. The van der Waals surface area contributed by atoms with Crippen molar-refractivity contribution in [2.24, 2.45) is 0 Å². The molecule has 0 spiro atoms. The first-order valence-electron chi connectivity index (χ1n) is 19.9. The Labute approximate surface area is 324 Å². The summed E-state index contributed by atoms with van der Waals surface area (Å²) >= 11 is 2.11. The summed E-state index contributed by atoms with van der Waals surface area (Å²) in [5, 5.41) is 0. The fourth-order valence-corrected chi connectivity index (χ4v) is 10.9. The number of nitrogens with zero attached hydrogens (tertiary/aromatic N) is 2. The lowest BCUT2D eigenvalue weighted by Gasteiger charge is -2.45. The third-order valence-electron chi connectivity index (χ3n) is 12.5. The van der Waals surface area contributed by atoms with Gasteiger partial charge < -0.3 is 9.80 Å². The molecule has 0 saturated carbocycles. The highest BCUT2D eigenvalue weighted by atomic mass is 32.1. The summed E-state index contributed by atoms with van der Waals surface area (Å²) in [6.07, 6.45) is 2.39. The summed E-state index contributed by atoms with van der Waals surface area (Å²) in [5.41, 5.74) is 18.0. The number of fused-ring (bicyclic) bond motifs is 6. The number of hydrogen-bond donors (Lipinski definition) is 0. The Morgan fingerprint density at radius 1 is 0.585 bits per heavy atom. The zero-order valence-corrected chi connectivity index (χ0v) is 35.6. The molecule has 0 amide bonds. The summed E-state index contributed by atoms with van der Waals surface area (Å²) < 4.78 is 1.50. The van der Waals surface area contributed by atoms with Crippen LogP contribution in [0.4, 0.5) is 34.1 Å². The van der Waals surface area contributed by atoms with Gasteiger partial charge in [-0.3, -0.25) is 0 Å². The van der Waals surface area contributed by atoms with E-state index in [4.69, 9.17) is 0 Å². The smallest absolute Gasteiger partial charge is 0.264 e. The highest BCUT2D eigenvalue weighted by Gasteiger charge is 2.50. The molecular formula is C49H59BN2S. The third kappa shape index (κ3) is 5.73. The van der Waals surface area contributed by atoms with Gasteiger partial charge in [0.15, 0.2) is 0 Å². The van der Waals surface area contributed by atoms with E-state index in [0.717, 1.165) is 0 Å². The van der Waals surface area contributed by atoms with Crippen LogP contribution >= 0.6 is 11.3 Å². The lowest BCUT2D eigenvalue weighted by atomic mass is 9.36. The molecule has 2 aliphatic heterocycles. The average Bonchev–Trinajstić information content (AvgIpc) is 3.48. The zero-order valence-electron chi connectivity index (χ0n) is 34.8. The molecule has 3 heterocycles. The minimum atomic E-state index is 0.0236. The lowest BCUT2D eigenvalue weighted by Crippen LogP contribution is -2.60. The second-order valence-corrected chi connectivity index (χ2v) is 21.8. The number of thiophene rings is 1. The summed E-state index contributed by atoms with van der Waals surface area (Å²) in [6.45, 7) is 33.4. The van der Waals surface area contributed by atoms with Crippen molar-refractivity contribution in [2.75, 3.05) is 9.80 Å². The molecule has 0 saturated heterocycles. The number of benzene rings is 4. The highest BCUT2D eigenvalue weighted by Crippen LogP contribution is 2.56. The molecule has 1 aromatic heterocycles. The van der Waals surface area contributed by atoms with Crippen LogP contribution in [0.1, 0.15) is 136 Å². The summed E-state index contributed by atoms with van der Waals surface area (Å²) in [6, 6.07) is 31.2. The van der Waals surface area contributed by atoms with E-state index >= 15 is 0 Å². The van der Waals surface area contributed by atoms with E-state index in [9.17, 15) is 0 Å². The summed E-state index contributed by atoms with van der Waals surface area (Å²) in [7, 11) is 0. The fourth-order valence-electron chi connectivity index (χ4n) is 9.15. The molecule has 5 aromatic rings. The standard InChI is InChI=1S/C49H59BN2S/c1-30-26-38-41-39(27-30)52(34-21-18-31(19-22-34)45(2,3)4)42-40-43(49(13,14)25-24-48(40,11)12)53-44(42)50(41)36-23-20-33(47(8,9)10)29-37(36)51(38)35-17-15-16-32(28-35)46(5,6)7/h15-23,26-29H,24-25H2,1-14H3. The van der Waals surface area contributed by atoms with Gasteiger partial charge in [-0.15, -0.1) is 0 Å². The molecule has 4 aromatic carbocycles. The number of anilines is 6.